The van der Waals surface area contributed by atoms with Crippen molar-refractivity contribution in [3.8, 4) is 0 Å². The number of nitrogens with one attached hydrogen (secondary N) is 1. The molecule has 2 rings (SSSR count). The molecule has 0 bridgehead atoms. The summed E-state index contributed by atoms with van der Waals surface area (Å²) in [6.07, 6.45) is 1.85. The second-order valence-electron chi connectivity index (χ2n) is 6.06. The molecule has 0 aliphatic heterocycles. The van der Waals surface area contributed by atoms with Crippen molar-refractivity contribution in [3.05, 3.63) is 96.6 Å². The molecule has 0 radical (unpaired) electrons. The first-order valence-electron chi connectivity index (χ1n) is 8.03. The molecule has 0 saturated carbocycles. The third-order valence-corrected chi connectivity index (χ3v) is 4.02. The number of hydrogen-bond donors (Lipinski definition) is 1. The molecule has 0 heterocycles. The molecule has 122 valence electrons. The summed E-state index contributed by atoms with van der Waals surface area (Å²) < 4.78 is 0. The Kier molecular flexibility index (Phi) is 5.59. The van der Waals surface area contributed by atoms with Crippen LogP contribution in [0.25, 0.3) is 22.9 Å². The summed E-state index contributed by atoms with van der Waals surface area (Å²) in [5.74, 6) is 0. The van der Waals surface area contributed by atoms with E-state index >= 15 is 0 Å². The minimum atomic E-state index is 0.709. The van der Waals surface area contributed by atoms with Gasteiger partial charge in [0.1, 0.15) is 0 Å². The molecular weight excluding hydrogens is 290 g/mol. The van der Waals surface area contributed by atoms with Crippen LogP contribution in [0.5, 0.6) is 0 Å². The maximum Gasteiger partial charge on any atom is 0.0401 e. The van der Waals surface area contributed by atoms with Crippen molar-refractivity contribution in [1.29, 1.82) is 0 Å². The maximum atomic E-state index is 4.16. The molecule has 1 heteroatoms. The van der Waals surface area contributed by atoms with E-state index in [1.807, 2.05) is 38.1 Å². The van der Waals surface area contributed by atoms with Gasteiger partial charge >= 0.3 is 0 Å². The first-order valence-corrected chi connectivity index (χ1v) is 8.03. The predicted octanol–water partition coefficient (Wildman–Crippen LogP) is 6.16. The summed E-state index contributed by atoms with van der Waals surface area (Å²) in [4.78, 5) is 0. The highest BCUT2D eigenvalue weighted by Gasteiger charge is 2.07. The quantitative estimate of drug-likeness (QED) is 0.645. The van der Waals surface area contributed by atoms with Crippen LogP contribution in [-0.4, -0.2) is 0 Å². The minimum Gasteiger partial charge on any atom is -0.381 e. The molecule has 0 unspecified atom stereocenters. The van der Waals surface area contributed by atoms with Gasteiger partial charge in [-0.25, -0.2) is 0 Å². The predicted molar refractivity (Wildman–Crippen MR) is 108 cm³/mol. The van der Waals surface area contributed by atoms with Crippen LogP contribution in [-0.2, 0) is 6.54 Å². The normalized spacial score (nSPS) is 10.1. The van der Waals surface area contributed by atoms with E-state index in [-0.39, 0.29) is 0 Å². The largest absolute Gasteiger partial charge is 0.381 e. The van der Waals surface area contributed by atoms with Gasteiger partial charge in [-0.1, -0.05) is 79.9 Å². The summed E-state index contributed by atoms with van der Waals surface area (Å²) in [7, 11) is 0. The topological polar surface area (TPSA) is 12.0 Å². The van der Waals surface area contributed by atoms with Crippen LogP contribution in [0.2, 0.25) is 0 Å². The van der Waals surface area contributed by atoms with Crippen LogP contribution >= 0.6 is 0 Å². The van der Waals surface area contributed by atoms with Gasteiger partial charge in [0.15, 0.2) is 0 Å². The molecule has 0 fully saturated rings. The average molecular weight is 315 g/mol. The van der Waals surface area contributed by atoms with Gasteiger partial charge in [-0.2, -0.15) is 0 Å². The molecule has 0 aliphatic carbocycles. The number of benzene rings is 2. The van der Waals surface area contributed by atoms with E-state index in [4.69, 9.17) is 0 Å². The van der Waals surface area contributed by atoms with Crippen LogP contribution in [0.1, 0.15) is 41.7 Å². The third kappa shape index (κ3) is 3.94. The van der Waals surface area contributed by atoms with Crippen LogP contribution in [0.4, 0.5) is 0 Å². The van der Waals surface area contributed by atoms with Crippen molar-refractivity contribution in [2.75, 3.05) is 0 Å². The second-order valence-corrected chi connectivity index (χ2v) is 6.06. The zero-order chi connectivity index (χ0) is 17.7. The highest BCUT2D eigenvalue weighted by Crippen LogP contribution is 2.25. The lowest BCUT2D eigenvalue weighted by atomic mass is 9.95. The lowest BCUT2D eigenvalue weighted by Crippen LogP contribution is -2.12. The molecule has 0 aliphatic rings. The zero-order valence-corrected chi connectivity index (χ0v) is 14.7. The minimum absolute atomic E-state index is 0.709. The van der Waals surface area contributed by atoms with E-state index < -0.39 is 0 Å². The van der Waals surface area contributed by atoms with Gasteiger partial charge < -0.3 is 5.32 Å². The number of rotatable bonds is 7. The van der Waals surface area contributed by atoms with Crippen molar-refractivity contribution in [2.24, 2.45) is 0 Å². The highest BCUT2D eigenvalue weighted by molar-refractivity contribution is 5.77. The lowest BCUT2D eigenvalue weighted by Gasteiger charge is -2.15. The molecule has 0 aromatic heterocycles. The Morgan fingerprint density at radius 3 is 2.21 bits per heavy atom. The molecule has 2 aromatic rings. The first-order chi connectivity index (χ1) is 11.4. The molecule has 0 amide bonds. The van der Waals surface area contributed by atoms with Gasteiger partial charge in [0.25, 0.3) is 0 Å². The zero-order valence-electron chi connectivity index (χ0n) is 14.7. The van der Waals surface area contributed by atoms with Crippen LogP contribution in [0.3, 0.4) is 0 Å². The van der Waals surface area contributed by atoms with Crippen LogP contribution < -0.4 is 5.32 Å². The molecule has 2 aromatic carbocycles. The molecule has 1 nitrogen and oxygen atoms in total. The average Bonchev–Trinajstić information content (AvgIpc) is 2.59. The van der Waals surface area contributed by atoms with Crippen molar-refractivity contribution < 1.29 is 0 Å². The van der Waals surface area contributed by atoms with Gasteiger partial charge in [-0.3, -0.25) is 0 Å². The van der Waals surface area contributed by atoms with Gasteiger partial charge in [0.05, 0.1) is 0 Å². The highest BCUT2D eigenvalue weighted by atomic mass is 14.9. The smallest absolute Gasteiger partial charge is 0.0401 e. The Hall–Kier alpha value is -2.80. The van der Waals surface area contributed by atoms with Gasteiger partial charge in [-0.15, -0.1) is 0 Å². The fourth-order valence-corrected chi connectivity index (χ4v) is 2.68. The van der Waals surface area contributed by atoms with E-state index in [0.29, 0.717) is 6.54 Å². The van der Waals surface area contributed by atoms with E-state index in [1.165, 1.54) is 5.56 Å². The molecule has 0 saturated heterocycles. The Morgan fingerprint density at radius 1 is 0.917 bits per heavy atom. The molecule has 24 heavy (non-hydrogen) atoms. The number of hydrogen-bond acceptors (Lipinski definition) is 1. The first kappa shape index (κ1) is 17.6. The van der Waals surface area contributed by atoms with E-state index in [0.717, 1.165) is 39.1 Å². The number of allylic oxidation sites excluding steroid dienone is 2. The summed E-state index contributed by atoms with van der Waals surface area (Å²) in [5.41, 5.74) is 8.64. The van der Waals surface area contributed by atoms with Crippen molar-refractivity contribution >= 4 is 22.9 Å². The van der Waals surface area contributed by atoms with Crippen molar-refractivity contribution in [2.45, 2.75) is 20.4 Å². The van der Waals surface area contributed by atoms with Crippen LogP contribution in [0.15, 0.2) is 68.8 Å². The van der Waals surface area contributed by atoms with E-state index in [1.54, 1.807) is 0 Å². The summed E-state index contributed by atoms with van der Waals surface area (Å²) >= 11 is 0. The fourth-order valence-electron chi connectivity index (χ4n) is 2.68. The second kappa shape index (κ2) is 7.65. The van der Waals surface area contributed by atoms with E-state index in [9.17, 15) is 0 Å². The maximum absolute atomic E-state index is 4.16. The monoisotopic (exact) mass is 315 g/mol. The summed E-state index contributed by atoms with van der Waals surface area (Å²) in [6.45, 7) is 20.9. The van der Waals surface area contributed by atoms with E-state index in [2.05, 4.69) is 55.9 Å². The van der Waals surface area contributed by atoms with Crippen molar-refractivity contribution in [3.63, 3.8) is 0 Å². The van der Waals surface area contributed by atoms with Gasteiger partial charge in [0.2, 0.25) is 0 Å². The lowest BCUT2D eigenvalue weighted by molar-refractivity contribution is 0.890. The van der Waals surface area contributed by atoms with Crippen molar-refractivity contribution in [1.82, 2.24) is 5.32 Å². The third-order valence-electron chi connectivity index (χ3n) is 4.02. The molecular formula is C23H25N. The Bertz CT molecular complexity index is 809. The molecule has 0 atom stereocenters. The van der Waals surface area contributed by atoms with Gasteiger partial charge in [-0.05, 0) is 42.2 Å². The molecule has 1 N–H and O–H groups in total. The van der Waals surface area contributed by atoms with Gasteiger partial charge in [0, 0.05) is 17.8 Å². The standard InChI is InChI=1S/C23H25N/c1-7-20-10-8-9-11-22(20)18(6)24-15-19-12-13-21(16(2)3)23(14-19)17(4)5/h7-14,24H,1-2,4,6,15H2,3,5H3. The fraction of sp³-hybridized carbons (Fsp3) is 0.130. The SMILES string of the molecule is C=Cc1ccccc1C(=C)NCc1ccc(C(=C)C)c(C(=C)C)c1. The molecule has 0 spiro atoms. The Morgan fingerprint density at radius 2 is 1.58 bits per heavy atom. The Balaban J connectivity index is 2.19. The summed E-state index contributed by atoms with van der Waals surface area (Å²) in [5, 5.41) is 3.41. The summed E-state index contributed by atoms with van der Waals surface area (Å²) in [6, 6.07) is 14.5. The van der Waals surface area contributed by atoms with Crippen LogP contribution in [0, 0.1) is 0 Å². The Labute approximate surface area is 145 Å².